The Labute approximate surface area is 124 Å². The van der Waals surface area contributed by atoms with Crippen molar-refractivity contribution in [1.29, 1.82) is 0 Å². The third-order valence-corrected chi connectivity index (χ3v) is 4.66. The van der Waals surface area contributed by atoms with E-state index in [0.29, 0.717) is 6.04 Å². The molecule has 1 fully saturated rings. The van der Waals surface area contributed by atoms with Crippen LogP contribution in [0.15, 0.2) is 12.1 Å². The third kappa shape index (κ3) is 4.07. The van der Waals surface area contributed by atoms with Crippen LogP contribution in [0.3, 0.4) is 0 Å². The average Bonchev–Trinajstić information content (AvgIpc) is 2.43. The molecule has 1 aromatic rings. The first-order chi connectivity index (χ1) is 9.60. The standard InChI is InChI=1S/C18H30N2/c1-5-8-20-9-6-18(7-10-20)19-13-17-12-15(3)14(2)11-16(17)4/h11-12,18-19H,5-10,13H2,1-4H3. The lowest BCUT2D eigenvalue weighted by molar-refractivity contribution is 0.197. The normalized spacial score (nSPS) is 17.6. The van der Waals surface area contributed by atoms with Gasteiger partial charge in [-0.2, -0.15) is 0 Å². The van der Waals surface area contributed by atoms with Gasteiger partial charge in [-0.15, -0.1) is 0 Å². The number of hydrogen-bond acceptors (Lipinski definition) is 2. The molecule has 1 saturated heterocycles. The highest BCUT2D eigenvalue weighted by Crippen LogP contribution is 2.16. The molecule has 0 unspecified atom stereocenters. The second-order valence-corrected chi connectivity index (χ2v) is 6.36. The Kier molecular flexibility index (Phi) is 5.62. The summed E-state index contributed by atoms with van der Waals surface area (Å²) in [5, 5.41) is 3.76. The Balaban J connectivity index is 1.83. The van der Waals surface area contributed by atoms with Gasteiger partial charge in [0.1, 0.15) is 0 Å². The van der Waals surface area contributed by atoms with E-state index in [1.54, 1.807) is 0 Å². The number of nitrogens with one attached hydrogen (secondary N) is 1. The van der Waals surface area contributed by atoms with Gasteiger partial charge >= 0.3 is 0 Å². The summed E-state index contributed by atoms with van der Waals surface area (Å²) in [4.78, 5) is 2.60. The summed E-state index contributed by atoms with van der Waals surface area (Å²) < 4.78 is 0. The molecule has 0 aromatic heterocycles. The van der Waals surface area contributed by atoms with Crippen LogP contribution in [0, 0.1) is 20.8 Å². The highest BCUT2D eigenvalue weighted by molar-refractivity contribution is 5.36. The zero-order chi connectivity index (χ0) is 14.5. The molecule has 0 amide bonds. The van der Waals surface area contributed by atoms with Crippen LogP contribution >= 0.6 is 0 Å². The minimum atomic E-state index is 0.698. The van der Waals surface area contributed by atoms with Crippen LogP contribution < -0.4 is 5.32 Å². The van der Waals surface area contributed by atoms with Crippen molar-refractivity contribution in [2.45, 2.75) is 59.5 Å². The van der Waals surface area contributed by atoms with Gasteiger partial charge < -0.3 is 10.2 Å². The molecule has 0 spiro atoms. The quantitative estimate of drug-likeness (QED) is 0.883. The maximum absolute atomic E-state index is 3.76. The summed E-state index contributed by atoms with van der Waals surface area (Å²) in [6, 6.07) is 5.37. The van der Waals surface area contributed by atoms with Crippen molar-refractivity contribution in [1.82, 2.24) is 10.2 Å². The molecule has 20 heavy (non-hydrogen) atoms. The minimum Gasteiger partial charge on any atom is -0.310 e. The SMILES string of the molecule is CCCN1CCC(NCc2cc(C)c(C)cc2C)CC1. The molecule has 0 aliphatic carbocycles. The predicted octanol–water partition coefficient (Wildman–Crippen LogP) is 3.58. The molecule has 0 bridgehead atoms. The highest BCUT2D eigenvalue weighted by atomic mass is 15.1. The Morgan fingerprint density at radius 2 is 1.70 bits per heavy atom. The average molecular weight is 274 g/mol. The van der Waals surface area contributed by atoms with Crippen LogP contribution in [-0.4, -0.2) is 30.6 Å². The van der Waals surface area contributed by atoms with Crippen LogP contribution in [-0.2, 0) is 6.54 Å². The molecule has 0 atom stereocenters. The molecule has 1 heterocycles. The first-order valence-corrected chi connectivity index (χ1v) is 8.12. The molecule has 0 saturated carbocycles. The van der Waals surface area contributed by atoms with Gasteiger partial charge in [-0.25, -0.2) is 0 Å². The fourth-order valence-electron chi connectivity index (χ4n) is 3.14. The van der Waals surface area contributed by atoms with E-state index in [0.717, 1.165) is 6.54 Å². The Morgan fingerprint density at radius 3 is 2.35 bits per heavy atom. The van der Waals surface area contributed by atoms with E-state index in [-0.39, 0.29) is 0 Å². The van der Waals surface area contributed by atoms with E-state index in [2.05, 4.69) is 50.0 Å². The van der Waals surface area contributed by atoms with E-state index >= 15 is 0 Å². The molecule has 1 N–H and O–H groups in total. The van der Waals surface area contributed by atoms with Crippen molar-refractivity contribution in [3.8, 4) is 0 Å². The lowest BCUT2D eigenvalue weighted by atomic mass is 9.99. The number of piperidine rings is 1. The zero-order valence-electron chi connectivity index (χ0n) is 13.6. The summed E-state index contributed by atoms with van der Waals surface area (Å²) >= 11 is 0. The van der Waals surface area contributed by atoms with Crippen LogP contribution in [0.25, 0.3) is 0 Å². The van der Waals surface area contributed by atoms with E-state index in [9.17, 15) is 0 Å². The fraction of sp³-hybridized carbons (Fsp3) is 0.667. The first-order valence-electron chi connectivity index (χ1n) is 8.12. The van der Waals surface area contributed by atoms with Crippen molar-refractivity contribution in [3.05, 3.63) is 34.4 Å². The number of aryl methyl sites for hydroxylation is 3. The van der Waals surface area contributed by atoms with E-state index in [1.807, 2.05) is 0 Å². The lowest BCUT2D eigenvalue weighted by Gasteiger charge is -2.32. The molecular weight excluding hydrogens is 244 g/mol. The summed E-state index contributed by atoms with van der Waals surface area (Å²) in [6.45, 7) is 13.7. The summed E-state index contributed by atoms with van der Waals surface area (Å²) in [5.74, 6) is 0. The van der Waals surface area contributed by atoms with Crippen LogP contribution in [0.4, 0.5) is 0 Å². The second-order valence-electron chi connectivity index (χ2n) is 6.36. The van der Waals surface area contributed by atoms with Gasteiger partial charge in [-0.1, -0.05) is 19.1 Å². The Hall–Kier alpha value is -0.860. The van der Waals surface area contributed by atoms with Crippen molar-refractivity contribution in [3.63, 3.8) is 0 Å². The van der Waals surface area contributed by atoms with Gasteiger partial charge in [0.15, 0.2) is 0 Å². The molecule has 1 aliphatic rings. The first kappa shape index (κ1) is 15.5. The van der Waals surface area contributed by atoms with E-state index < -0.39 is 0 Å². The summed E-state index contributed by atoms with van der Waals surface area (Å²) in [6.07, 6.45) is 3.87. The van der Waals surface area contributed by atoms with Crippen LogP contribution in [0.1, 0.15) is 48.4 Å². The fourth-order valence-corrected chi connectivity index (χ4v) is 3.14. The molecule has 0 radical (unpaired) electrons. The zero-order valence-corrected chi connectivity index (χ0v) is 13.6. The van der Waals surface area contributed by atoms with Crippen molar-refractivity contribution >= 4 is 0 Å². The van der Waals surface area contributed by atoms with Gasteiger partial charge in [-0.05, 0) is 81.9 Å². The van der Waals surface area contributed by atoms with Gasteiger partial charge in [0.25, 0.3) is 0 Å². The maximum Gasteiger partial charge on any atom is 0.0210 e. The van der Waals surface area contributed by atoms with Crippen molar-refractivity contribution < 1.29 is 0 Å². The molecule has 1 aromatic carbocycles. The molecule has 1 aliphatic heterocycles. The number of benzene rings is 1. The van der Waals surface area contributed by atoms with Gasteiger partial charge in [0.2, 0.25) is 0 Å². The topological polar surface area (TPSA) is 15.3 Å². The molecule has 2 rings (SSSR count). The van der Waals surface area contributed by atoms with Crippen molar-refractivity contribution in [2.24, 2.45) is 0 Å². The van der Waals surface area contributed by atoms with Crippen LogP contribution in [0.2, 0.25) is 0 Å². The third-order valence-electron chi connectivity index (χ3n) is 4.66. The summed E-state index contributed by atoms with van der Waals surface area (Å²) in [5.41, 5.74) is 5.69. The summed E-state index contributed by atoms with van der Waals surface area (Å²) in [7, 11) is 0. The number of nitrogens with zero attached hydrogens (tertiary/aromatic N) is 1. The van der Waals surface area contributed by atoms with Gasteiger partial charge in [-0.3, -0.25) is 0 Å². The minimum absolute atomic E-state index is 0.698. The smallest absolute Gasteiger partial charge is 0.0210 e. The Morgan fingerprint density at radius 1 is 1.05 bits per heavy atom. The molecular formula is C18H30N2. The maximum atomic E-state index is 3.76. The van der Waals surface area contributed by atoms with Gasteiger partial charge in [0.05, 0.1) is 0 Å². The monoisotopic (exact) mass is 274 g/mol. The Bertz CT molecular complexity index is 431. The second kappa shape index (κ2) is 7.24. The van der Waals surface area contributed by atoms with Crippen LogP contribution in [0.5, 0.6) is 0 Å². The largest absolute Gasteiger partial charge is 0.310 e. The number of hydrogen-bond donors (Lipinski definition) is 1. The van der Waals surface area contributed by atoms with Crippen molar-refractivity contribution in [2.75, 3.05) is 19.6 Å². The number of likely N-dealkylation sites (tertiary alicyclic amines) is 1. The lowest BCUT2D eigenvalue weighted by Crippen LogP contribution is -2.42. The molecule has 2 heteroatoms. The number of rotatable bonds is 5. The van der Waals surface area contributed by atoms with E-state index in [1.165, 1.54) is 61.2 Å². The van der Waals surface area contributed by atoms with E-state index in [4.69, 9.17) is 0 Å². The van der Waals surface area contributed by atoms with Gasteiger partial charge in [0, 0.05) is 12.6 Å². The highest BCUT2D eigenvalue weighted by Gasteiger charge is 2.18. The predicted molar refractivity (Wildman–Crippen MR) is 87.2 cm³/mol. The molecule has 112 valence electrons. The molecule has 2 nitrogen and oxygen atoms in total.